The lowest BCUT2D eigenvalue weighted by atomic mass is 10.1. The molecule has 0 radical (unpaired) electrons. The predicted octanol–water partition coefficient (Wildman–Crippen LogP) is 3.07. The van der Waals surface area contributed by atoms with Crippen molar-refractivity contribution in [2.45, 2.75) is 38.8 Å². The highest BCUT2D eigenvalue weighted by Crippen LogP contribution is 2.22. The van der Waals surface area contributed by atoms with Crippen molar-refractivity contribution in [1.82, 2.24) is 10.2 Å². The third kappa shape index (κ3) is 7.64. The fraction of sp³-hybridized carbons (Fsp3) is 0.417. The number of nitrogens with zero attached hydrogens (tertiary/aromatic N) is 2. The van der Waals surface area contributed by atoms with Gasteiger partial charge in [-0.1, -0.05) is 19.1 Å². The first-order valence-corrected chi connectivity index (χ1v) is 12.9. The molecule has 0 spiro atoms. The van der Waals surface area contributed by atoms with E-state index in [1.165, 1.54) is 11.9 Å². The van der Waals surface area contributed by atoms with Crippen LogP contribution in [0.25, 0.3) is 0 Å². The second-order valence-corrected chi connectivity index (χ2v) is 9.85. The monoisotopic (exact) mass is 511 g/mol. The van der Waals surface area contributed by atoms with Gasteiger partial charge in [0.15, 0.2) is 11.6 Å². The van der Waals surface area contributed by atoms with E-state index >= 15 is 0 Å². The molecule has 1 unspecified atom stereocenters. The zero-order chi connectivity index (χ0) is 26.2. The Morgan fingerprint density at radius 3 is 2.26 bits per heavy atom. The number of rotatable bonds is 12. The molecule has 1 atom stereocenters. The summed E-state index contributed by atoms with van der Waals surface area (Å²) < 4.78 is 57.6. The van der Waals surface area contributed by atoms with Crippen LogP contribution in [-0.2, 0) is 26.2 Å². The molecule has 8 nitrogen and oxygen atoms in total. The largest absolute Gasteiger partial charge is 0.497 e. The van der Waals surface area contributed by atoms with Crippen LogP contribution in [0, 0.1) is 11.6 Å². The average molecular weight is 512 g/mol. The topological polar surface area (TPSA) is 96.0 Å². The summed E-state index contributed by atoms with van der Waals surface area (Å²) in [5.74, 6) is -2.26. The van der Waals surface area contributed by atoms with Gasteiger partial charge >= 0.3 is 0 Å². The van der Waals surface area contributed by atoms with E-state index in [0.29, 0.717) is 12.2 Å². The van der Waals surface area contributed by atoms with Crippen molar-refractivity contribution in [3.63, 3.8) is 0 Å². The lowest BCUT2D eigenvalue weighted by Crippen LogP contribution is -2.48. The summed E-state index contributed by atoms with van der Waals surface area (Å²) in [6.07, 6.45) is 1.38. The van der Waals surface area contributed by atoms with Crippen molar-refractivity contribution in [3.8, 4) is 5.75 Å². The number of methoxy groups -OCH3 is 1. The Hall–Kier alpha value is -3.21. The Balaban J connectivity index is 2.20. The van der Waals surface area contributed by atoms with Gasteiger partial charge in [-0.15, -0.1) is 0 Å². The molecule has 0 heterocycles. The Morgan fingerprint density at radius 1 is 1.09 bits per heavy atom. The van der Waals surface area contributed by atoms with Gasteiger partial charge in [0.2, 0.25) is 21.8 Å². The maximum absolute atomic E-state index is 13.7. The minimum Gasteiger partial charge on any atom is -0.497 e. The molecule has 2 aromatic rings. The molecule has 0 bridgehead atoms. The van der Waals surface area contributed by atoms with E-state index < -0.39 is 27.7 Å². The summed E-state index contributed by atoms with van der Waals surface area (Å²) in [4.78, 5) is 27.1. The van der Waals surface area contributed by atoms with Crippen molar-refractivity contribution in [3.05, 3.63) is 59.7 Å². The second-order valence-electron chi connectivity index (χ2n) is 7.95. The molecule has 2 aromatic carbocycles. The highest BCUT2D eigenvalue weighted by Gasteiger charge is 2.28. The molecule has 2 rings (SSSR count). The Kier molecular flexibility index (Phi) is 10.00. The van der Waals surface area contributed by atoms with E-state index in [0.717, 1.165) is 34.3 Å². The zero-order valence-electron chi connectivity index (χ0n) is 20.3. The summed E-state index contributed by atoms with van der Waals surface area (Å²) in [6, 6.07) is 9.19. The number of hydrogen-bond donors (Lipinski definition) is 1. The first kappa shape index (κ1) is 28.0. The summed E-state index contributed by atoms with van der Waals surface area (Å²) >= 11 is 0. The van der Waals surface area contributed by atoms with Crippen molar-refractivity contribution in [1.29, 1.82) is 0 Å². The number of likely N-dealkylation sites (N-methyl/N-ethyl adjacent to an activating group) is 1. The maximum atomic E-state index is 13.7. The van der Waals surface area contributed by atoms with Crippen molar-refractivity contribution in [2.24, 2.45) is 0 Å². The quantitative estimate of drug-likeness (QED) is 0.473. The van der Waals surface area contributed by atoms with Crippen LogP contribution in [0.3, 0.4) is 0 Å². The molecule has 1 N–H and O–H groups in total. The molecule has 11 heteroatoms. The summed E-state index contributed by atoms with van der Waals surface area (Å²) in [5.41, 5.74) is 0.756. The van der Waals surface area contributed by atoms with E-state index in [1.807, 2.05) is 0 Å². The van der Waals surface area contributed by atoms with Crippen LogP contribution in [0.2, 0.25) is 0 Å². The van der Waals surface area contributed by atoms with E-state index in [4.69, 9.17) is 4.74 Å². The van der Waals surface area contributed by atoms with E-state index in [9.17, 15) is 26.8 Å². The van der Waals surface area contributed by atoms with Crippen LogP contribution in [0.5, 0.6) is 5.75 Å². The number of nitrogens with one attached hydrogen (secondary N) is 1. The van der Waals surface area contributed by atoms with Gasteiger partial charge in [-0.2, -0.15) is 0 Å². The summed E-state index contributed by atoms with van der Waals surface area (Å²) in [6.45, 7) is 1.85. The minimum atomic E-state index is -3.82. The number of hydrogen-bond acceptors (Lipinski definition) is 5. The average Bonchev–Trinajstić information content (AvgIpc) is 2.82. The Bertz CT molecular complexity index is 1130. The van der Waals surface area contributed by atoms with Crippen LogP contribution >= 0.6 is 0 Å². The van der Waals surface area contributed by atoms with Crippen molar-refractivity contribution in [2.75, 3.05) is 31.3 Å². The molecule has 0 aliphatic heterocycles. The Labute approximate surface area is 204 Å². The third-order valence-corrected chi connectivity index (χ3v) is 6.68. The number of halogens is 2. The lowest BCUT2D eigenvalue weighted by molar-refractivity contribution is -0.141. The fourth-order valence-corrected chi connectivity index (χ4v) is 4.62. The standard InChI is InChI=1S/C24H31F2N3O5S/c1-5-22(24(31)27-2)28(16-17-8-11-19(34-3)12-9-17)23(30)7-6-14-29(35(4,32)33)18-10-13-20(25)21(26)15-18/h8-13,15,22H,5-7,14,16H2,1-4H3,(H,27,31). The molecule has 0 fully saturated rings. The molecule has 0 saturated heterocycles. The Morgan fingerprint density at radius 2 is 1.74 bits per heavy atom. The van der Waals surface area contributed by atoms with Gasteiger partial charge in [-0.25, -0.2) is 17.2 Å². The van der Waals surface area contributed by atoms with Crippen molar-refractivity contribution >= 4 is 27.5 Å². The lowest BCUT2D eigenvalue weighted by Gasteiger charge is -2.31. The highest BCUT2D eigenvalue weighted by molar-refractivity contribution is 7.92. The van der Waals surface area contributed by atoms with Gasteiger partial charge in [0.05, 0.1) is 19.1 Å². The second kappa shape index (κ2) is 12.5. The van der Waals surface area contributed by atoms with Gasteiger partial charge in [-0.05, 0) is 42.7 Å². The van der Waals surface area contributed by atoms with E-state index in [1.54, 1.807) is 38.3 Å². The van der Waals surface area contributed by atoms with Gasteiger partial charge in [0, 0.05) is 32.6 Å². The molecule has 0 aliphatic rings. The molecule has 0 aromatic heterocycles. The van der Waals surface area contributed by atoms with Gasteiger partial charge in [0.25, 0.3) is 0 Å². The first-order chi connectivity index (χ1) is 16.5. The first-order valence-electron chi connectivity index (χ1n) is 11.1. The summed E-state index contributed by atoms with van der Waals surface area (Å²) in [5, 5.41) is 2.57. The highest BCUT2D eigenvalue weighted by atomic mass is 32.2. The van der Waals surface area contributed by atoms with E-state index in [-0.39, 0.29) is 43.4 Å². The van der Waals surface area contributed by atoms with Crippen LogP contribution in [0.1, 0.15) is 31.7 Å². The smallest absolute Gasteiger partial charge is 0.242 e. The molecular formula is C24H31F2N3O5S. The number of benzene rings is 2. The predicted molar refractivity (Wildman–Crippen MR) is 129 cm³/mol. The van der Waals surface area contributed by atoms with Gasteiger partial charge in [0.1, 0.15) is 11.8 Å². The SMILES string of the molecule is CCC(C(=O)NC)N(Cc1ccc(OC)cc1)C(=O)CCCN(c1ccc(F)c(F)c1)S(C)(=O)=O. The summed E-state index contributed by atoms with van der Waals surface area (Å²) in [7, 11) is -0.778. The maximum Gasteiger partial charge on any atom is 0.242 e. The molecule has 2 amide bonds. The number of carbonyl (C=O) groups excluding carboxylic acids is 2. The number of anilines is 1. The van der Waals surface area contributed by atoms with Gasteiger partial charge in [-0.3, -0.25) is 13.9 Å². The number of amides is 2. The number of carbonyl (C=O) groups is 2. The van der Waals surface area contributed by atoms with Gasteiger partial charge < -0.3 is 15.0 Å². The molecule has 192 valence electrons. The normalized spacial score (nSPS) is 12.1. The van der Waals surface area contributed by atoms with Crippen LogP contribution in [-0.4, -0.2) is 58.1 Å². The van der Waals surface area contributed by atoms with Crippen LogP contribution < -0.4 is 14.4 Å². The fourth-order valence-electron chi connectivity index (χ4n) is 3.66. The van der Waals surface area contributed by atoms with Crippen LogP contribution in [0.4, 0.5) is 14.5 Å². The third-order valence-electron chi connectivity index (χ3n) is 5.49. The van der Waals surface area contributed by atoms with Crippen LogP contribution in [0.15, 0.2) is 42.5 Å². The zero-order valence-corrected chi connectivity index (χ0v) is 21.1. The molecule has 35 heavy (non-hydrogen) atoms. The van der Waals surface area contributed by atoms with E-state index in [2.05, 4.69) is 5.32 Å². The molecule has 0 aliphatic carbocycles. The molecular weight excluding hydrogens is 480 g/mol. The molecule has 0 saturated carbocycles. The number of ether oxygens (including phenoxy) is 1. The van der Waals surface area contributed by atoms with Crippen molar-refractivity contribution < 1.29 is 31.5 Å². The number of sulfonamides is 1. The minimum absolute atomic E-state index is 0.0364.